The lowest BCUT2D eigenvalue weighted by atomic mass is 9.97. The summed E-state index contributed by atoms with van der Waals surface area (Å²) in [5, 5.41) is 6.19. The van der Waals surface area contributed by atoms with E-state index in [1.54, 1.807) is 12.1 Å². The number of carbonyl (C=O) groups is 1. The molecule has 0 radical (unpaired) electrons. The molecule has 0 saturated heterocycles. The van der Waals surface area contributed by atoms with E-state index in [0.717, 1.165) is 18.5 Å². The third kappa shape index (κ3) is 3.89. The molecule has 1 aliphatic heterocycles. The van der Waals surface area contributed by atoms with Crippen LogP contribution in [0.15, 0.2) is 36.4 Å². The summed E-state index contributed by atoms with van der Waals surface area (Å²) < 4.78 is 12.8. The third-order valence-electron chi connectivity index (χ3n) is 3.43. The molecule has 1 aliphatic rings. The quantitative estimate of drug-likeness (QED) is 0.818. The Balaban J connectivity index is 1.89. The van der Waals surface area contributed by atoms with E-state index < -0.39 is 0 Å². The van der Waals surface area contributed by atoms with Crippen molar-refractivity contribution in [2.75, 3.05) is 6.54 Å². The zero-order valence-corrected chi connectivity index (χ0v) is 11.0. The van der Waals surface area contributed by atoms with Crippen LogP contribution in [0.25, 0.3) is 0 Å². The highest BCUT2D eigenvalue weighted by atomic mass is 19.1. The van der Waals surface area contributed by atoms with Crippen molar-refractivity contribution >= 4 is 5.91 Å². The molecule has 0 saturated carbocycles. The molecule has 1 aromatic rings. The normalized spacial score (nSPS) is 22.8. The molecule has 19 heavy (non-hydrogen) atoms. The second-order valence-corrected chi connectivity index (χ2v) is 4.85. The van der Waals surface area contributed by atoms with Crippen LogP contribution >= 0.6 is 0 Å². The minimum atomic E-state index is -0.262. The number of rotatable bonds is 3. The van der Waals surface area contributed by atoms with Crippen LogP contribution in [-0.4, -0.2) is 18.5 Å². The Kier molecular flexibility index (Phi) is 4.68. The van der Waals surface area contributed by atoms with Gasteiger partial charge in [0, 0.05) is 19.1 Å². The number of allylic oxidation sites excluding steroid dienone is 1. The Morgan fingerprint density at radius 1 is 1.37 bits per heavy atom. The van der Waals surface area contributed by atoms with Crippen LogP contribution in [0.3, 0.4) is 0 Å². The summed E-state index contributed by atoms with van der Waals surface area (Å²) >= 11 is 0. The van der Waals surface area contributed by atoms with Crippen LogP contribution in [0.1, 0.15) is 18.9 Å². The molecular weight excluding hydrogens is 243 g/mol. The van der Waals surface area contributed by atoms with Gasteiger partial charge in [0.2, 0.25) is 5.91 Å². The number of hydrogen-bond donors (Lipinski definition) is 2. The van der Waals surface area contributed by atoms with E-state index in [1.165, 1.54) is 12.1 Å². The van der Waals surface area contributed by atoms with Gasteiger partial charge in [0.15, 0.2) is 0 Å². The molecule has 1 aromatic carbocycles. The molecule has 102 valence electrons. The van der Waals surface area contributed by atoms with E-state index in [9.17, 15) is 9.18 Å². The Morgan fingerprint density at radius 3 is 2.84 bits per heavy atom. The van der Waals surface area contributed by atoms with Gasteiger partial charge in [-0.05, 0) is 31.0 Å². The predicted molar refractivity (Wildman–Crippen MR) is 73.0 cm³/mol. The van der Waals surface area contributed by atoms with Crippen LogP contribution in [0, 0.1) is 11.7 Å². The Labute approximate surface area is 112 Å². The van der Waals surface area contributed by atoms with Crippen molar-refractivity contribution in [3.63, 3.8) is 0 Å². The van der Waals surface area contributed by atoms with Gasteiger partial charge in [0.25, 0.3) is 0 Å². The van der Waals surface area contributed by atoms with Crippen molar-refractivity contribution in [1.82, 2.24) is 10.6 Å². The van der Waals surface area contributed by atoms with Gasteiger partial charge in [-0.15, -0.1) is 0 Å². The Bertz CT molecular complexity index is 456. The van der Waals surface area contributed by atoms with Crippen LogP contribution < -0.4 is 10.6 Å². The topological polar surface area (TPSA) is 41.1 Å². The lowest BCUT2D eigenvalue weighted by Gasteiger charge is -2.21. The summed E-state index contributed by atoms with van der Waals surface area (Å²) in [4.78, 5) is 12.1. The van der Waals surface area contributed by atoms with E-state index in [4.69, 9.17) is 0 Å². The molecule has 0 unspecified atom stereocenters. The van der Waals surface area contributed by atoms with Crippen LogP contribution in [-0.2, 0) is 11.3 Å². The van der Waals surface area contributed by atoms with Gasteiger partial charge in [0.1, 0.15) is 5.82 Å². The summed E-state index contributed by atoms with van der Waals surface area (Å²) in [5.41, 5.74) is 0.902. The second kappa shape index (κ2) is 6.48. The molecule has 3 nitrogen and oxygen atoms in total. The highest BCUT2D eigenvalue weighted by molar-refractivity contribution is 5.79. The van der Waals surface area contributed by atoms with Crippen LogP contribution in [0.2, 0.25) is 0 Å². The highest BCUT2D eigenvalue weighted by Gasteiger charge is 2.24. The van der Waals surface area contributed by atoms with Gasteiger partial charge < -0.3 is 10.6 Å². The van der Waals surface area contributed by atoms with Crippen molar-refractivity contribution in [2.45, 2.75) is 25.9 Å². The average molecular weight is 262 g/mol. The van der Waals surface area contributed by atoms with Gasteiger partial charge in [-0.1, -0.05) is 24.3 Å². The van der Waals surface area contributed by atoms with Gasteiger partial charge >= 0.3 is 0 Å². The molecule has 1 amide bonds. The smallest absolute Gasteiger partial charge is 0.225 e. The predicted octanol–water partition coefficient (Wildman–Crippen LogP) is 2.00. The van der Waals surface area contributed by atoms with E-state index in [2.05, 4.69) is 10.6 Å². The lowest BCUT2D eigenvalue weighted by Crippen LogP contribution is -2.41. The summed E-state index contributed by atoms with van der Waals surface area (Å²) in [5.74, 6) is -0.281. The molecule has 2 rings (SSSR count). The zero-order chi connectivity index (χ0) is 13.7. The van der Waals surface area contributed by atoms with Crippen molar-refractivity contribution in [2.24, 2.45) is 5.92 Å². The molecule has 4 heteroatoms. The number of amides is 1. The SMILES string of the molecule is C[C@H]1NCC=CC[C@@H]1C(=O)NCc1ccc(F)cc1. The summed E-state index contributed by atoms with van der Waals surface area (Å²) in [6.45, 7) is 3.27. The minimum Gasteiger partial charge on any atom is -0.352 e. The number of hydrogen-bond acceptors (Lipinski definition) is 2. The number of benzene rings is 1. The zero-order valence-electron chi connectivity index (χ0n) is 11.0. The first-order chi connectivity index (χ1) is 9.16. The van der Waals surface area contributed by atoms with Gasteiger partial charge in [-0.2, -0.15) is 0 Å². The van der Waals surface area contributed by atoms with E-state index in [-0.39, 0.29) is 23.7 Å². The summed E-state index contributed by atoms with van der Waals surface area (Å²) in [6.07, 6.45) is 4.84. The number of nitrogens with one attached hydrogen (secondary N) is 2. The average Bonchev–Trinajstić information content (AvgIpc) is 2.62. The Hall–Kier alpha value is -1.68. The molecule has 0 aliphatic carbocycles. The monoisotopic (exact) mass is 262 g/mol. The second-order valence-electron chi connectivity index (χ2n) is 4.85. The molecule has 0 bridgehead atoms. The lowest BCUT2D eigenvalue weighted by molar-refractivity contribution is -0.125. The van der Waals surface area contributed by atoms with Crippen LogP contribution in [0.5, 0.6) is 0 Å². The first-order valence-corrected chi connectivity index (χ1v) is 6.57. The maximum Gasteiger partial charge on any atom is 0.225 e. The van der Waals surface area contributed by atoms with E-state index >= 15 is 0 Å². The Morgan fingerprint density at radius 2 is 2.11 bits per heavy atom. The maximum atomic E-state index is 12.8. The minimum absolute atomic E-state index is 0.0378. The van der Waals surface area contributed by atoms with Gasteiger partial charge in [-0.25, -0.2) is 4.39 Å². The molecule has 2 atom stereocenters. The van der Waals surface area contributed by atoms with Crippen molar-refractivity contribution < 1.29 is 9.18 Å². The molecular formula is C15H19FN2O. The van der Waals surface area contributed by atoms with E-state index in [1.807, 2.05) is 19.1 Å². The van der Waals surface area contributed by atoms with E-state index in [0.29, 0.717) is 6.54 Å². The largest absolute Gasteiger partial charge is 0.352 e. The molecule has 0 spiro atoms. The van der Waals surface area contributed by atoms with Gasteiger partial charge in [0.05, 0.1) is 5.92 Å². The fraction of sp³-hybridized carbons (Fsp3) is 0.400. The first-order valence-electron chi connectivity index (χ1n) is 6.57. The fourth-order valence-electron chi connectivity index (χ4n) is 2.18. The number of halogens is 1. The third-order valence-corrected chi connectivity index (χ3v) is 3.43. The van der Waals surface area contributed by atoms with Crippen LogP contribution in [0.4, 0.5) is 4.39 Å². The molecule has 0 fully saturated rings. The molecule has 0 aromatic heterocycles. The summed E-state index contributed by atoms with van der Waals surface area (Å²) in [7, 11) is 0. The maximum absolute atomic E-state index is 12.8. The fourth-order valence-corrected chi connectivity index (χ4v) is 2.18. The highest BCUT2D eigenvalue weighted by Crippen LogP contribution is 2.13. The van der Waals surface area contributed by atoms with Crippen molar-refractivity contribution in [3.05, 3.63) is 47.8 Å². The van der Waals surface area contributed by atoms with Crippen molar-refractivity contribution in [1.29, 1.82) is 0 Å². The van der Waals surface area contributed by atoms with Crippen molar-refractivity contribution in [3.8, 4) is 0 Å². The molecule has 1 heterocycles. The van der Waals surface area contributed by atoms with Gasteiger partial charge in [-0.3, -0.25) is 4.79 Å². The summed E-state index contributed by atoms with van der Waals surface area (Å²) in [6, 6.07) is 6.33. The molecule has 2 N–H and O–H groups in total. The number of carbonyl (C=O) groups excluding carboxylic acids is 1. The first kappa shape index (κ1) is 13.7. The standard InChI is InChI=1S/C15H19FN2O/c1-11-14(4-2-3-9-17-11)15(19)18-10-12-5-7-13(16)8-6-12/h2-3,5-8,11,14,17H,4,9-10H2,1H3,(H,18,19)/t11-,14+/m1/s1.